The molecule has 2 amide bonds. The molecule has 1 heterocycles. The minimum absolute atomic E-state index is 0.126. The maximum absolute atomic E-state index is 12.8. The van der Waals surface area contributed by atoms with Crippen LogP contribution in [0, 0.1) is 0 Å². The number of benzene rings is 2. The summed E-state index contributed by atoms with van der Waals surface area (Å²) in [5, 5.41) is 5.42. The molecule has 2 aromatic carbocycles. The van der Waals surface area contributed by atoms with E-state index < -0.39 is 15.9 Å². The van der Waals surface area contributed by atoms with E-state index in [2.05, 4.69) is 32.4 Å². The van der Waals surface area contributed by atoms with Gasteiger partial charge in [-0.1, -0.05) is 12.1 Å². The lowest BCUT2D eigenvalue weighted by Gasteiger charge is -2.28. The molecule has 0 bridgehead atoms. The van der Waals surface area contributed by atoms with E-state index in [1.165, 1.54) is 50.1 Å². The summed E-state index contributed by atoms with van der Waals surface area (Å²) in [6.07, 6.45) is 4.71. The number of rotatable bonds is 7. The van der Waals surface area contributed by atoms with E-state index in [1.54, 1.807) is 0 Å². The van der Waals surface area contributed by atoms with Gasteiger partial charge in [-0.3, -0.25) is 14.3 Å². The van der Waals surface area contributed by atoms with Crippen LogP contribution in [-0.2, 0) is 21.4 Å². The zero-order valence-electron chi connectivity index (χ0n) is 17.8. The van der Waals surface area contributed by atoms with Gasteiger partial charge in [-0.25, -0.2) is 8.42 Å². The van der Waals surface area contributed by atoms with E-state index in [4.69, 9.17) is 0 Å². The van der Waals surface area contributed by atoms with Gasteiger partial charge in [-0.15, -0.1) is 0 Å². The Kier molecular flexibility index (Phi) is 7.17. The van der Waals surface area contributed by atoms with Gasteiger partial charge in [0.2, 0.25) is 15.9 Å². The topological polar surface area (TPSA) is 108 Å². The first-order valence-corrected chi connectivity index (χ1v) is 12.1. The Morgan fingerprint density at radius 3 is 2.29 bits per heavy atom. The summed E-state index contributed by atoms with van der Waals surface area (Å²) < 4.78 is 25.7. The zero-order chi connectivity index (χ0) is 22.4. The van der Waals surface area contributed by atoms with Crippen molar-refractivity contribution in [2.45, 2.75) is 32.7 Å². The first kappa shape index (κ1) is 22.6. The highest BCUT2D eigenvalue weighted by molar-refractivity contribution is 7.92. The predicted molar refractivity (Wildman–Crippen MR) is 123 cm³/mol. The van der Waals surface area contributed by atoms with Crippen molar-refractivity contribution in [3.05, 3.63) is 53.6 Å². The lowest BCUT2D eigenvalue weighted by atomic mass is 10.1. The molecule has 1 aliphatic heterocycles. The third-order valence-corrected chi connectivity index (χ3v) is 5.58. The van der Waals surface area contributed by atoms with Crippen LogP contribution in [0.4, 0.5) is 17.1 Å². The van der Waals surface area contributed by atoms with Crippen molar-refractivity contribution < 1.29 is 18.0 Å². The van der Waals surface area contributed by atoms with Crippen LogP contribution >= 0.6 is 0 Å². The molecule has 0 atom stereocenters. The Hall–Kier alpha value is -3.07. The highest BCUT2D eigenvalue weighted by Gasteiger charge is 2.16. The van der Waals surface area contributed by atoms with Crippen LogP contribution in [0.15, 0.2) is 42.5 Å². The number of sulfonamides is 1. The highest BCUT2D eigenvalue weighted by atomic mass is 32.2. The minimum atomic E-state index is -3.57. The molecule has 0 unspecified atom stereocenters. The number of nitrogens with one attached hydrogen (secondary N) is 3. The summed E-state index contributed by atoms with van der Waals surface area (Å²) in [4.78, 5) is 26.5. The maximum atomic E-state index is 12.8. The maximum Gasteiger partial charge on any atom is 0.253 e. The number of amides is 2. The van der Waals surface area contributed by atoms with E-state index in [9.17, 15) is 18.0 Å². The molecule has 2 aromatic rings. The second-order valence-electron chi connectivity index (χ2n) is 7.71. The summed E-state index contributed by atoms with van der Waals surface area (Å²) in [6, 6.07) is 12.5. The fraction of sp³-hybridized carbons (Fsp3) is 0.364. The third kappa shape index (κ3) is 6.71. The van der Waals surface area contributed by atoms with Gasteiger partial charge in [0, 0.05) is 37.9 Å². The average Bonchev–Trinajstić information content (AvgIpc) is 2.73. The molecule has 8 nitrogen and oxygen atoms in total. The van der Waals surface area contributed by atoms with Crippen LogP contribution in [0.1, 0.15) is 42.1 Å². The SMILES string of the molecule is CC(=O)Nc1ccc(NS(C)(=O)=O)c(C(=O)NCc2ccc(N3CCCCC3)cc2)c1. The van der Waals surface area contributed by atoms with E-state index in [-0.39, 0.29) is 17.2 Å². The molecule has 3 N–H and O–H groups in total. The summed E-state index contributed by atoms with van der Waals surface area (Å²) in [6.45, 7) is 3.78. The van der Waals surface area contributed by atoms with Crippen molar-refractivity contribution in [2.75, 3.05) is 34.3 Å². The normalized spacial score (nSPS) is 14.1. The Bertz CT molecular complexity index is 1050. The molecule has 0 saturated carbocycles. The number of hydrogen-bond acceptors (Lipinski definition) is 5. The lowest BCUT2D eigenvalue weighted by Crippen LogP contribution is -2.29. The van der Waals surface area contributed by atoms with Crippen LogP contribution in [0.3, 0.4) is 0 Å². The van der Waals surface area contributed by atoms with Crippen molar-refractivity contribution in [2.24, 2.45) is 0 Å². The van der Waals surface area contributed by atoms with Crippen molar-refractivity contribution in [1.29, 1.82) is 0 Å². The Morgan fingerprint density at radius 2 is 1.68 bits per heavy atom. The van der Waals surface area contributed by atoms with E-state index in [0.717, 1.165) is 24.9 Å². The molecule has 0 aromatic heterocycles. The quantitative estimate of drug-likeness (QED) is 0.609. The second-order valence-corrected chi connectivity index (χ2v) is 9.46. The highest BCUT2D eigenvalue weighted by Crippen LogP contribution is 2.23. The molecule has 0 radical (unpaired) electrons. The minimum Gasteiger partial charge on any atom is -0.372 e. The zero-order valence-corrected chi connectivity index (χ0v) is 18.6. The number of carbonyl (C=O) groups is 2. The third-order valence-electron chi connectivity index (χ3n) is 4.99. The van der Waals surface area contributed by atoms with Crippen molar-refractivity contribution in [3.8, 4) is 0 Å². The van der Waals surface area contributed by atoms with Gasteiger partial charge in [-0.05, 0) is 55.2 Å². The second kappa shape index (κ2) is 9.82. The van der Waals surface area contributed by atoms with Gasteiger partial charge >= 0.3 is 0 Å². The van der Waals surface area contributed by atoms with Crippen molar-refractivity contribution >= 4 is 38.9 Å². The smallest absolute Gasteiger partial charge is 0.253 e. The molecule has 1 saturated heterocycles. The Labute approximate surface area is 183 Å². The van der Waals surface area contributed by atoms with Gasteiger partial charge in [0.25, 0.3) is 5.91 Å². The van der Waals surface area contributed by atoms with E-state index in [0.29, 0.717) is 12.2 Å². The molecule has 166 valence electrons. The summed E-state index contributed by atoms with van der Waals surface area (Å²) in [5.74, 6) is -0.734. The Morgan fingerprint density at radius 1 is 1.00 bits per heavy atom. The summed E-state index contributed by atoms with van der Waals surface area (Å²) in [7, 11) is -3.57. The average molecular weight is 445 g/mol. The van der Waals surface area contributed by atoms with E-state index in [1.807, 2.05) is 12.1 Å². The van der Waals surface area contributed by atoms with Gasteiger partial charge in [0.15, 0.2) is 0 Å². The molecule has 9 heteroatoms. The van der Waals surface area contributed by atoms with E-state index >= 15 is 0 Å². The van der Waals surface area contributed by atoms with Gasteiger partial charge in [-0.2, -0.15) is 0 Å². The molecule has 0 aliphatic carbocycles. The van der Waals surface area contributed by atoms with Crippen LogP contribution in [0.5, 0.6) is 0 Å². The first-order valence-electron chi connectivity index (χ1n) is 10.2. The van der Waals surface area contributed by atoms with Crippen molar-refractivity contribution in [1.82, 2.24) is 5.32 Å². The monoisotopic (exact) mass is 444 g/mol. The summed E-state index contributed by atoms with van der Waals surface area (Å²) >= 11 is 0. The largest absolute Gasteiger partial charge is 0.372 e. The van der Waals surface area contributed by atoms with Crippen LogP contribution in [0.25, 0.3) is 0 Å². The van der Waals surface area contributed by atoms with Crippen LogP contribution in [0.2, 0.25) is 0 Å². The molecular formula is C22H28N4O4S. The lowest BCUT2D eigenvalue weighted by molar-refractivity contribution is -0.114. The van der Waals surface area contributed by atoms with Crippen LogP contribution in [-0.4, -0.2) is 39.6 Å². The first-order chi connectivity index (χ1) is 14.7. The van der Waals surface area contributed by atoms with Crippen LogP contribution < -0.4 is 20.3 Å². The van der Waals surface area contributed by atoms with Gasteiger partial charge in [0.05, 0.1) is 17.5 Å². The number of hydrogen-bond donors (Lipinski definition) is 3. The number of anilines is 3. The predicted octanol–water partition coefficient (Wildman–Crippen LogP) is 2.94. The number of piperidine rings is 1. The standard InChI is InChI=1S/C22H28N4O4S/c1-16(27)24-18-8-11-21(25-31(2,29)30)20(14-18)22(28)23-15-17-6-9-19(10-7-17)26-12-4-3-5-13-26/h6-11,14,25H,3-5,12-13,15H2,1-2H3,(H,23,28)(H,24,27). The van der Waals surface area contributed by atoms with Gasteiger partial charge < -0.3 is 15.5 Å². The molecular weight excluding hydrogens is 416 g/mol. The molecule has 1 fully saturated rings. The summed E-state index contributed by atoms with van der Waals surface area (Å²) in [5.41, 5.74) is 2.79. The number of carbonyl (C=O) groups excluding carboxylic acids is 2. The van der Waals surface area contributed by atoms with Crippen molar-refractivity contribution in [3.63, 3.8) is 0 Å². The fourth-order valence-electron chi connectivity index (χ4n) is 3.56. The molecule has 1 aliphatic rings. The van der Waals surface area contributed by atoms with Gasteiger partial charge in [0.1, 0.15) is 0 Å². The molecule has 3 rings (SSSR count). The molecule has 0 spiro atoms. The number of nitrogens with zero attached hydrogens (tertiary/aromatic N) is 1. The molecule has 31 heavy (non-hydrogen) atoms. The fourth-order valence-corrected chi connectivity index (χ4v) is 4.13. The Balaban J connectivity index is 1.71.